The van der Waals surface area contributed by atoms with Crippen LogP contribution in [0.15, 0.2) is 42.6 Å². The van der Waals surface area contributed by atoms with Crippen LogP contribution >= 0.6 is 0 Å². The number of aromatic nitrogens is 2. The normalized spacial score (nSPS) is 12.2. The van der Waals surface area contributed by atoms with E-state index in [2.05, 4.69) is 15.3 Å². The summed E-state index contributed by atoms with van der Waals surface area (Å²) in [6, 6.07) is 11.2. The first-order valence-electron chi connectivity index (χ1n) is 9.02. The van der Waals surface area contributed by atoms with Gasteiger partial charge in [0.15, 0.2) is 23.0 Å². The lowest BCUT2D eigenvalue weighted by Gasteiger charge is -2.18. The molecule has 0 saturated heterocycles. The highest BCUT2D eigenvalue weighted by atomic mass is 16.6. The van der Waals surface area contributed by atoms with Crippen molar-refractivity contribution in [3.8, 4) is 40.0 Å². The molecule has 1 aliphatic rings. The van der Waals surface area contributed by atoms with Gasteiger partial charge in [0.2, 0.25) is 11.7 Å². The predicted molar refractivity (Wildman–Crippen MR) is 108 cm³/mol. The van der Waals surface area contributed by atoms with Gasteiger partial charge < -0.3 is 29.0 Å². The van der Waals surface area contributed by atoms with Gasteiger partial charge in [-0.2, -0.15) is 0 Å². The second-order valence-electron chi connectivity index (χ2n) is 6.16. The number of ether oxygens (including phenoxy) is 5. The molecule has 4 rings (SSSR count). The quantitative estimate of drug-likeness (QED) is 0.677. The van der Waals surface area contributed by atoms with Crippen molar-refractivity contribution in [1.82, 2.24) is 9.97 Å². The summed E-state index contributed by atoms with van der Waals surface area (Å²) >= 11 is 0. The molecule has 0 atom stereocenters. The van der Waals surface area contributed by atoms with Gasteiger partial charge in [0.25, 0.3) is 0 Å². The molecule has 0 saturated carbocycles. The van der Waals surface area contributed by atoms with Crippen LogP contribution in [0.5, 0.6) is 28.7 Å². The Labute approximate surface area is 168 Å². The Hall–Kier alpha value is -3.68. The maximum Gasteiger partial charge on any atom is 0.227 e. The van der Waals surface area contributed by atoms with Gasteiger partial charge in [-0.25, -0.2) is 9.97 Å². The number of nitrogens with one attached hydrogen (secondary N) is 1. The fourth-order valence-corrected chi connectivity index (χ4v) is 3.06. The van der Waals surface area contributed by atoms with E-state index >= 15 is 0 Å². The van der Waals surface area contributed by atoms with E-state index in [-0.39, 0.29) is 0 Å². The van der Waals surface area contributed by atoms with E-state index in [0.717, 1.165) is 17.0 Å². The number of benzene rings is 2. The molecular formula is C21H21N3O5. The Morgan fingerprint density at radius 2 is 1.59 bits per heavy atom. The smallest absolute Gasteiger partial charge is 0.227 e. The molecule has 150 valence electrons. The molecule has 0 aliphatic carbocycles. The number of anilines is 2. The minimum Gasteiger partial charge on any atom is -0.493 e. The molecule has 0 radical (unpaired) electrons. The molecule has 8 nitrogen and oxygen atoms in total. The SMILES string of the molecule is COc1cc(Nc2nccc(-c3ccc4c(c3)OCCO4)n2)cc(OC)c1OC. The van der Waals surface area contributed by atoms with Crippen LogP contribution in [0.1, 0.15) is 0 Å². The summed E-state index contributed by atoms with van der Waals surface area (Å²) in [5, 5.41) is 3.18. The van der Waals surface area contributed by atoms with Crippen molar-refractivity contribution in [1.29, 1.82) is 0 Å². The minimum absolute atomic E-state index is 0.437. The molecule has 1 aromatic heterocycles. The average molecular weight is 395 g/mol. The van der Waals surface area contributed by atoms with Crippen LogP contribution in [0.4, 0.5) is 11.6 Å². The standard InChI is InChI=1S/C21H21N3O5/c1-25-18-11-14(12-19(26-2)20(18)27-3)23-21-22-7-6-15(24-21)13-4-5-16-17(10-13)29-9-8-28-16/h4-7,10-12H,8-9H2,1-3H3,(H,22,23,24). The lowest BCUT2D eigenvalue weighted by Crippen LogP contribution is -2.15. The molecule has 0 bridgehead atoms. The second-order valence-corrected chi connectivity index (χ2v) is 6.16. The van der Waals surface area contributed by atoms with Gasteiger partial charge in [-0.1, -0.05) is 0 Å². The van der Waals surface area contributed by atoms with Crippen molar-refractivity contribution in [2.45, 2.75) is 0 Å². The highest BCUT2D eigenvalue weighted by molar-refractivity contribution is 5.68. The van der Waals surface area contributed by atoms with Crippen molar-refractivity contribution >= 4 is 11.6 Å². The van der Waals surface area contributed by atoms with E-state index in [4.69, 9.17) is 23.7 Å². The molecule has 8 heteroatoms. The zero-order chi connectivity index (χ0) is 20.2. The van der Waals surface area contributed by atoms with E-state index in [0.29, 0.717) is 47.8 Å². The summed E-state index contributed by atoms with van der Waals surface area (Å²) in [4.78, 5) is 8.92. The van der Waals surface area contributed by atoms with Crippen molar-refractivity contribution < 1.29 is 23.7 Å². The molecule has 0 fully saturated rings. The van der Waals surface area contributed by atoms with Crippen molar-refractivity contribution in [2.75, 3.05) is 39.9 Å². The lowest BCUT2D eigenvalue weighted by molar-refractivity contribution is 0.171. The van der Waals surface area contributed by atoms with Crippen molar-refractivity contribution in [2.24, 2.45) is 0 Å². The summed E-state index contributed by atoms with van der Waals surface area (Å²) in [6.07, 6.45) is 1.69. The van der Waals surface area contributed by atoms with E-state index < -0.39 is 0 Å². The van der Waals surface area contributed by atoms with Crippen molar-refractivity contribution in [3.05, 3.63) is 42.6 Å². The van der Waals surface area contributed by atoms with Crippen LogP contribution in [0.25, 0.3) is 11.3 Å². The van der Waals surface area contributed by atoms with E-state index in [1.807, 2.05) is 24.3 Å². The maximum absolute atomic E-state index is 5.66. The van der Waals surface area contributed by atoms with Gasteiger partial charge >= 0.3 is 0 Å². The third kappa shape index (κ3) is 3.82. The molecular weight excluding hydrogens is 374 g/mol. The van der Waals surface area contributed by atoms with Crippen LogP contribution in [-0.2, 0) is 0 Å². The number of methoxy groups -OCH3 is 3. The first kappa shape index (κ1) is 18.7. The Morgan fingerprint density at radius 1 is 0.862 bits per heavy atom. The first-order valence-corrected chi connectivity index (χ1v) is 9.02. The second kappa shape index (κ2) is 8.14. The number of hydrogen-bond donors (Lipinski definition) is 1. The van der Waals surface area contributed by atoms with Crippen LogP contribution < -0.4 is 29.0 Å². The minimum atomic E-state index is 0.437. The Morgan fingerprint density at radius 3 is 2.28 bits per heavy atom. The maximum atomic E-state index is 5.66. The molecule has 2 heterocycles. The molecule has 1 N–H and O–H groups in total. The van der Waals surface area contributed by atoms with Crippen LogP contribution in [-0.4, -0.2) is 44.5 Å². The fourth-order valence-electron chi connectivity index (χ4n) is 3.06. The molecule has 2 aromatic carbocycles. The number of hydrogen-bond acceptors (Lipinski definition) is 8. The average Bonchev–Trinajstić information content (AvgIpc) is 2.78. The van der Waals surface area contributed by atoms with Gasteiger partial charge in [-0.15, -0.1) is 0 Å². The molecule has 1 aliphatic heterocycles. The number of fused-ring (bicyclic) bond motifs is 1. The van der Waals surface area contributed by atoms with Gasteiger partial charge in [0.1, 0.15) is 13.2 Å². The number of nitrogens with zero attached hydrogens (tertiary/aromatic N) is 2. The van der Waals surface area contributed by atoms with Gasteiger partial charge in [-0.05, 0) is 24.3 Å². The van der Waals surface area contributed by atoms with E-state index in [9.17, 15) is 0 Å². The summed E-state index contributed by atoms with van der Waals surface area (Å²) in [5.74, 6) is 3.49. The van der Waals surface area contributed by atoms with E-state index in [1.165, 1.54) is 0 Å². The van der Waals surface area contributed by atoms with Crippen LogP contribution in [0.3, 0.4) is 0 Å². The van der Waals surface area contributed by atoms with Gasteiger partial charge in [0, 0.05) is 29.6 Å². The summed E-state index contributed by atoms with van der Waals surface area (Å²) in [5.41, 5.74) is 2.37. The fraction of sp³-hybridized carbons (Fsp3) is 0.238. The zero-order valence-corrected chi connectivity index (χ0v) is 16.4. The highest BCUT2D eigenvalue weighted by Gasteiger charge is 2.15. The van der Waals surface area contributed by atoms with Crippen LogP contribution in [0, 0.1) is 0 Å². The lowest BCUT2D eigenvalue weighted by atomic mass is 10.1. The van der Waals surface area contributed by atoms with Gasteiger partial charge in [-0.3, -0.25) is 0 Å². The third-order valence-electron chi connectivity index (χ3n) is 4.41. The first-order chi connectivity index (χ1) is 14.2. The molecule has 29 heavy (non-hydrogen) atoms. The predicted octanol–water partition coefficient (Wildman–Crippen LogP) is 3.68. The Kier molecular flexibility index (Phi) is 5.24. The number of rotatable bonds is 6. The largest absolute Gasteiger partial charge is 0.493 e. The van der Waals surface area contributed by atoms with E-state index in [1.54, 1.807) is 39.7 Å². The van der Waals surface area contributed by atoms with Crippen LogP contribution in [0.2, 0.25) is 0 Å². The zero-order valence-electron chi connectivity index (χ0n) is 16.4. The topological polar surface area (TPSA) is 84.0 Å². The monoisotopic (exact) mass is 395 g/mol. The molecule has 0 unspecified atom stereocenters. The summed E-state index contributed by atoms with van der Waals surface area (Å²) in [6.45, 7) is 1.09. The Balaban J connectivity index is 1.63. The van der Waals surface area contributed by atoms with Gasteiger partial charge in [0.05, 0.1) is 27.0 Å². The Bertz CT molecular complexity index is 1000. The molecule has 0 amide bonds. The molecule has 0 spiro atoms. The highest BCUT2D eigenvalue weighted by Crippen LogP contribution is 2.40. The van der Waals surface area contributed by atoms with Crippen molar-refractivity contribution in [3.63, 3.8) is 0 Å². The third-order valence-corrected chi connectivity index (χ3v) is 4.41. The summed E-state index contributed by atoms with van der Waals surface area (Å²) < 4.78 is 27.4. The summed E-state index contributed by atoms with van der Waals surface area (Å²) in [7, 11) is 4.70. The molecule has 3 aromatic rings.